The highest BCUT2D eigenvalue weighted by molar-refractivity contribution is 5.94. The molecule has 1 aromatic rings. The fraction of sp³-hybridized carbons (Fsp3) is 0.611. The van der Waals surface area contributed by atoms with Gasteiger partial charge in [0.25, 0.3) is 0 Å². The number of hydrogen-bond donors (Lipinski definition) is 1. The van der Waals surface area contributed by atoms with E-state index in [2.05, 4.69) is 32.6 Å². The van der Waals surface area contributed by atoms with Crippen LogP contribution >= 0.6 is 0 Å². The van der Waals surface area contributed by atoms with Gasteiger partial charge in [-0.05, 0) is 38.3 Å². The number of ether oxygens (including phenoxy) is 1. The highest BCUT2D eigenvalue weighted by Gasteiger charge is 2.52. The molecule has 0 aliphatic carbocycles. The number of aliphatic hydroxyl groups is 1. The highest BCUT2D eigenvalue weighted by atomic mass is 16.5. The zero-order chi connectivity index (χ0) is 16.5. The molecule has 0 spiro atoms. The average molecular weight is 305 g/mol. The summed E-state index contributed by atoms with van der Waals surface area (Å²) in [5.74, 6) is 0.630. The molecule has 1 fully saturated rings. The van der Waals surface area contributed by atoms with Gasteiger partial charge in [-0.25, -0.2) is 0 Å². The van der Waals surface area contributed by atoms with Crippen LogP contribution in [0.3, 0.4) is 0 Å². The normalized spacial score (nSPS) is 21.0. The van der Waals surface area contributed by atoms with Crippen LogP contribution in [0.1, 0.15) is 45.0 Å². The standard InChI is InChI=1S/C18H27NO3/c1-13(20)14-7-6-8-16(9-14)22-11-15(21)10-19-12-17(2,3)18(19,4)5/h6-9,15,21H,10-12H2,1-5H3. The van der Waals surface area contributed by atoms with E-state index in [1.807, 2.05) is 0 Å². The number of rotatable bonds is 6. The third-order valence-corrected chi connectivity index (χ3v) is 5.15. The Morgan fingerprint density at radius 2 is 2.05 bits per heavy atom. The second kappa shape index (κ2) is 6.01. The first kappa shape index (κ1) is 17.0. The van der Waals surface area contributed by atoms with Gasteiger partial charge in [0.2, 0.25) is 0 Å². The van der Waals surface area contributed by atoms with E-state index in [4.69, 9.17) is 4.74 Å². The molecule has 1 N–H and O–H groups in total. The number of likely N-dealkylation sites (tertiary alicyclic amines) is 1. The molecule has 0 bridgehead atoms. The van der Waals surface area contributed by atoms with Gasteiger partial charge in [-0.2, -0.15) is 0 Å². The Kier molecular flexibility index (Phi) is 4.64. The zero-order valence-corrected chi connectivity index (χ0v) is 14.2. The van der Waals surface area contributed by atoms with Crippen LogP contribution < -0.4 is 4.74 Å². The zero-order valence-electron chi connectivity index (χ0n) is 14.2. The van der Waals surface area contributed by atoms with E-state index < -0.39 is 6.10 Å². The molecule has 0 amide bonds. The summed E-state index contributed by atoms with van der Waals surface area (Å²) in [6.45, 7) is 12.3. The van der Waals surface area contributed by atoms with Gasteiger partial charge < -0.3 is 9.84 Å². The maximum Gasteiger partial charge on any atom is 0.159 e. The van der Waals surface area contributed by atoms with Crippen molar-refractivity contribution in [1.29, 1.82) is 0 Å². The largest absolute Gasteiger partial charge is 0.491 e. The van der Waals surface area contributed by atoms with E-state index in [0.717, 1.165) is 6.54 Å². The third-order valence-electron chi connectivity index (χ3n) is 5.15. The van der Waals surface area contributed by atoms with E-state index >= 15 is 0 Å². The van der Waals surface area contributed by atoms with Gasteiger partial charge in [0.05, 0.1) is 0 Å². The third kappa shape index (κ3) is 3.33. The SMILES string of the molecule is CC(=O)c1cccc(OCC(O)CN2CC(C)(C)C2(C)C)c1. The molecule has 4 nitrogen and oxygen atoms in total. The van der Waals surface area contributed by atoms with Crippen LogP contribution in [-0.4, -0.2) is 47.1 Å². The lowest BCUT2D eigenvalue weighted by atomic mass is 9.65. The molecule has 122 valence electrons. The van der Waals surface area contributed by atoms with Gasteiger partial charge in [-0.1, -0.05) is 26.0 Å². The van der Waals surface area contributed by atoms with E-state index in [1.165, 1.54) is 6.92 Å². The summed E-state index contributed by atoms with van der Waals surface area (Å²) in [5.41, 5.74) is 0.976. The lowest BCUT2D eigenvalue weighted by Crippen LogP contribution is -2.70. The summed E-state index contributed by atoms with van der Waals surface area (Å²) in [7, 11) is 0. The minimum atomic E-state index is -0.545. The van der Waals surface area contributed by atoms with Crippen molar-refractivity contribution in [2.24, 2.45) is 5.41 Å². The molecule has 1 saturated heterocycles. The van der Waals surface area contributed by atoms with Crippen molar-refractivity contribution in [3.63, 3.8) is 0 Å². The molecule has 0 radical (unpaired) electrons. The predicted octanol–water partition coefficient (Wildman–Crippen LogP) is 2.75. The van der Waals surface area contributed by atoms with Crippen LogP contribution in [0.15, 0.2) is 24.3 Å². The number of aliphatic hydroxyl groups excluding tert-OH is 1. The van der Waals surface area contributed by atoms with Crippen LogP contribution in [-0.2, 0) is 0 Å². The molecular weight excluding hydrogens is 278 g/mol. The second-order valence-corrected chi connectivity index (χ2v) is 7.37. The summed E-state index contributed by atoms with van der Waals surface area (Å²) in [6.07, 6.45) is -0.545. The van der Waals surface area contributed by atoms with Crippen molar-refractivity contribution in [3.8, 4) is 5.75 Å². The van der Waals surface area contributed by atoms with Crippen LogP contribution in [0.25, 0.3) is 0 Å². The first-order valence-corrected chi connectivity index (χ1v) is 7.80. The summed E-state index contributed by atoms with van der Waals surface area (Å²) in [5, 5.41) is 10.2. The van der Waals surface area contributed by atoms with Gasteiger partial charge in [0, 0.05) is 24.2 Å². The number of Topliss-reactive ketones (excluding diaryl/α,β-unsaturated/α-hetero) is 1. The number of ketones is 1. The van der Waals surface area contributed by atoms with E-state index in [-0.39, 0.29) is 23.3 Å². The van der Waals surface area contributed by atoms with E-state index in [0.29, 0.717) is 17.9 Å². The maximum atomic E-state index is 11.3. The summed E-state index contributed by atoms with van der Waals surface area (Å²) >= 11 is 0. The first-order chi connectivity index (χ1) is 10.1. The van der Waals surface area contributed by atoms with E-state index in [1.54, 1.807) is 24.3 Å². The van der Waals surface area contributed by atoms with Crippen molar-refractivity contribution in [1.82, 2.24) is 4.90 Å². The maximum absolute atomic E-state index is 11.3. The van der Waals surface area contributed by atoms with Crippen molar-refractivity contribution < 1.29 is 14.6 Å². The van der Waals surface area contributed by atoms with Gasteiger partial charge in [-0.15, -0.1) is 0 Å². The summed E-state index contributed by atoms with van der Waals surface area (Å²) in [6, 6.07) is 7.07. The minimum absolute atomic E-state index is 0.00978. The molecule has 1 heterocycles. The molecule has 1 unspecified atom stereocenters. The van der Waals surface area contributed by atoms with Crippen LogP contribution in [0, 0.1) is 5.41 Å². The Hall–Kier alpha value is -1.39. The van der Waals surface area contributed by atoms with Crippen molar-refractivity contribution in [2.75, 3.05) is 19.7 Å². The molecule has 0 aromatic heterocycles. The number of β-amino-alcohol motifs (C(OH)–C–C–N with tert-alkyl or cyclic N) is 1. The summed E-state index contributed by atoms with van der Waals surface area (Å²) in [4.78, 5) is 13.6. The number of benzene rings is 1. The van der Waals surface area contributed by atoms with Gasteiger partial charge >= 0.3 is 0 Å². The second-order valence-electron chi connectivity index (χ2n) is 7.37. The molecular formula is C18H27NO3. The fourth-order valence-electron chi connectivity index (χ4n) is 2.80. The molecule has 2 rings (SSSR count). The number of nitrogens with zero attached hydrogens (tertiary/aromatic N) is 1. The summed E-state index contributed by atoms with van der Waals surface area (Å²) < 4.78 is 5.62. The number of hydrogen-bond acceptors (Lipinski definition) is 4. The van der Waals surface area contributed by atoms with Crippen molar-refractivity contribution >= 4 is 5.78 Å². The molecule has 0 saturated carbocycles. The molecule has 1 atom stereocenters. The van der Waals surface area contributed by atoms with Crippen LogP contribution in [0.4, 0.5) is 0 Å². The van der Waals surface area contributed by atoms with Gasteiger partial charge in [0.1, 0.15) is 18.5 Å². The number of carbonyl (C=O) groups excluding carboxylic acids is 1. The molecule has 1 aliphatic rings. The lowest BCUT2D eigenvalue weighted by molar-refractivity contribution is -0.133. The fourth-order valence-corrected chi connectivity index (χ4v) is 2.80. The van der Waals surface area contributed by atoms with Crippen molar-refractivity contribution in [2.45, 2.75) is 46.3 Å². The quantitative estimate of drug-likeness (QED) is 0.821. The Bertz CT molecular complexity index is 551. The minimum Gasteiger partial charge on any atom is -0.491 e. The lowest BCUT2D eigenvalue weighted by Gasteiger charge is -2.62. The Morgan fingerprint density at radius 3 is 2.59 bits per heavy atom. The average Bonchev–Trinajstić information content (AvgIpc) is 2.44. The number of carbonyl (C=O) groups is 1. The first-order valence-electron chi connectivity index (χ1n) is 7.80. The monoisotopic (exact) mass is 305 g/mol. The smallest absolute Gasteiger partial charge is 0.159 e. The molecule has 4 heteroatoms. The van der Waals surface area contributed by atoms with Crippen molar-refractivity contribution in [3.05, 3.63) is 29.8 Å². The molecule has 1 aliphatic heterocycles. The predicted molar refractivity (Wildman–Crippen MR) is 87.4 cm³/mol. The van der Waals surface area contributed by atoms with Gasteiger partial charge in [0.15, 0.2) is 5.78 Å². The Labute approximate surface area is 133 Å². The van der Waals surface area contributed by atoms with Gasteiger partial charge in [-0.3, -0.25) is 9.69 Å². The molecule has 22 heavy (non-hydrogen) atoms. The van der Waals surface area contributed by atoms with E-state index in [9.17, 15) is 9.90 Å². The van der Waals surface area contributed by atoms with Crippen LogP contribution in [0.5, 0.6) is 5.75 Å². The highest BCUT2D eigenvalue weighted by Crippen LogP contribution is 2.46. The Morgan fingerprint density at radius 1 is 1.36 bits per heavy atom. The van der Waals surface area contributed by atoms with Crippen LogP contribution in [0.2, 0.25) is 0 Å². The Balaban J connectivity index is 1.85. The topological polar surface area (TPSA) is 49.8 Å². The molecule has 1 aromatic carbocycles.